The Morgan fingerprint density at radius 1 is 1.31 bits per heavy atom. The summed E-state index contributed by atoms with van der Waals surface area (Å²) in [6.45, 7) is 1.88. The molecule has 3 aromatic rings. The third-order valence-electron chi connectivity index (χ3n) is 4.02. The fourth-order valence-corrected chi connectivity index (χ4v) is 4.35. The number of carbonyl (C=O) groups is 1. The molecule has 1 amide bonds. The van der Waals surface area contributed by atoms with Crippen molar-refractivity contribution < 1.29 is 9.21 Å². The van der Waals surface area contributed by atoms with Gasteiger partial charge in [-0.15, -0.1) is 10.2 Å². The minimum Gasteiger partial charge on any atom is -0.440 e. The van der Waals surface area contributed by atoms with Gasteiger partial charge in [-0.3, -0.25) is 9.69 Å². The largest absolute Gasteiger partial charge is 0.440 e. The highest BCUT2D eigenvalue weighted by Crippen LogP contribution is 2.37. The van der Waals surface area contributed by atoms with Gasteiger partial charge in [-0.2, -0.15) is 0 Å². The fraction of sp³-hybridized carbons (Fsp3) is 0.333. The van der Waals surface area contributed by atoms with Crippen LogP contribution in [0.15, 0.2) is 45.3 Å². The Labute approximate surface area is 159 Å². The number of hydrogen-bond donors (Lipinski definition) is 0. The number of carbonyl (C=O) groups excluding carboxylic acids is 1. The molecule has 1 aliphatic rings. The second-order valence-corrected chi connectivity index (χ2v) is 8.15. The first-order chi connectivity index (χ1) is 12.7. The molecule has 0 spiro atoms. The molecule has 4 rings (SSSR count). The van der Waals surface area contributed by atoms with Crippen molar-refractivity contribution in [3.63, 3.8) is 0 Å². The molecule has 0 N–H and O–H groups in total. The molecule has 0 aliphatic heterocycles. The molecule has 6 nitrogen and oxygen atoms in total. The van der Waals surface area contributed by atoms with Gasteiger partial charge in [0, 0.05) is 18.0 Å². The van der Waals surface area contributed by atoms with Gasteiger partial charge in [0.05, 0.1) is 11.9 Å². The number of oxazole rings is 1. The topological polar surface area (TPSA) is 72.1 Å². The van der Waals surface area contributed by atoms with Gasteiger partial charge >= 0.3 is 0 Å². The minimum atomic E-state index is 0.111. The average Bonchev–Trinajstić information content (AvgIpc) is 3.20. The lowest BCUT2D eigenvalue weighted by Crippen LogP contribution is -2.32. The third kappa shape index (κ3) is 3.81. The van der Waals surface area contributed by atoms with Gasteiger partial charge in [0.25, 0.3) is 0 Å². The van der Waals surface area contributed by atoms with Gasteiger partial charge in [-0.25, -0.2) is 4.98 Å². The molecule has 8 heteroatoms. The van der Waals surface area contributed by atoms with Gasteiger partial charge in [0.15, 0.2) is 10.1 Å². The van der Waals surface area contributed by atoms with Crippen LogP contribution >= 0.6 is 23.1 Å². The Morgan fingerprint density at radius 2 is 2.12 bits per heavy atom. The number of nitrogens with zero attached hydrogens (tertiary/aromatic N) is 4. The minimum absolute atomic E-state index is 0.111. The predicted molar refractivity (Wildman–Crippen MR) is 102 cm³/mol. The summed E-state index contributed by atoms with van der Waals surface area (Å²) in [5.74, 6) is 2.09. The maximum absolute atomic E-state index is 12.2. The molecule has 1 aromatic carbocycles. The number of benzene rings is 1. The zero-order valence-corrected chi connectivity index (χ0v) is 15.9. The lowest BCUT2D eigenvalue weighted by molar-refractivity contribution is -0.118. The Hall–Kier alpha value is -2.19. The quantitative estimate of drug-likeness (QED) is 0.443. The van der Waals surface area contributed by atoms with Crippen molar-refractivity contribution in [2.75, 3.05) is 4.90 Å². The molecule has 2 aromatic heterocycles. The summed E-state index contributed by atoms with van der Waals surface area (Å²) in [6.07, 6.45) is 4.32. The number of aromatic nitrogens is 3. The van der Waals surface area contributed by atoms with Gasteiger partial charge in [-0.1, -0.05) is 60.4 Å². The molecule has 26 heavy (non-hydrogen) atoms. The first-order valence-electron chi connectivity index (χ1n) is 8.53. The summed E-state index contributed by atoms with van der Waals surface area (Å²) < 4.78 is 6.62. The van der Waals surface area contributed by atoms with E-state index in [1.165, 1.54) is 23.1 Å². The number of rotatable bonds is 7. The van der Waals surface area contributed by atoms with Crippen molar-refractivity contribution in [1.29, 1.82) is 0 Å². The van der Waals surface area contributed by atoms with E-state index >= 15 is 0 Å². The Balaban J connectivity index is 1.41. The highest BCUT2D eigenvalue weighted by atomic mass is 32.2. The highest BCUT2D eigenvalue weighted by molar-refractivity contribution is 8.00. The normalized spacial score (nSPS) is 13.7. The summed E-state index contributed by atoms with van der Waals surface area (Å²) in [4.78, 5) is 18.3. The number of amides is 1. The van der Waals surface area contributed by atoms with E-state index in [4.69, 9.17) is 4.42 Å². The molecule has 1 aliphatic carbocycles. The van der Waals surface area contributed by atoms with Crippen LogP contribution in [0.3, 0.4) is 0 Å². The van der Waals surface area contributed by atoms with Crippen molar-refractivity contribution in [2.24, 2.45) is 0 Å². The van der Waals surface area contributed by atoms with E-state index in [2.05, 4.69) is 15.2 Å². The molecule has 0 atom stereocenters. The fourth-order valence-electron chi connectivity index (χ4n) is 2.56. The maximum Gasteiger partial charge on any atom is 0.228 e. The Morgan fingerprint density at radius 3 is 2.85 bits per heavy atom. The molecular formula is C18H18N4O2S2. The average molecular weight is 387 g/mol. The van der Waals surface area contributed by atoms with Gasteiger partial charge < -0.3 is 4.42 Å². The number of hydrogen-bond acceptors (Lipinski definition) is 7. The van der Waals surface area contributed by atoms with Crippen LogP contribution in [-0.2, 0) is 10.5 Å². The molecule has 0 saturated heterocycles. The van der Waals surface area contributed by atoms with Crippen LogP contribution in [0.25, 0.3) is 11.3 Å². The molecule has 134 valence electrons. The van der Waals surface area contributed by atoms with Crippen LogP contribution in [0.2, 0.25) is 0 Å². The van der Waals surface area contributed by atoms with Crippen LogP contribution in [0.4, 0.5) is 5.13 Å². The van der Waals surface area contributed by atoms with E-state index in [0.29, 0.717) is 29.2 Å². The Bertz CT molecular complexity index is 890. The van der Waals surface area contributed by atoms with Gasteiger partial charge in [-0.05, 0) is 12.8 Å². The van der Waals surface area contributed by atoms with E-state index in [0.717, 1.165) is 28.5 Å². The summed E-state index contributed by atoms with van der Waals surface area (Å²) in [7, 11) is 0. The van der Waals surface area contributed by atoms with Crippen LogP contribution in [0.5, 0.6) is 0 Å². The highest BCUT2D eigenvalue weighted by Gasteiger charge is 2.35. The van der Waals surface area contributed by atoms with Gasteiger partial charge in [0.2, 0.25) is 16.9 Å². The van der Waals surface area contributed by atoms with Crippen molar-refractivity contribution >= 4 is 34.1 Å². The first-order valence-corrected chi connectivity index (χ1v) is 10.3. The number of thioether (sulfide) groups is 1. The standard InChI is InChI=1S/C18H18N4O2S2/c1-2-16(23)22(13-8-9-13)17-20-21-18(26-17)25-11-15-19-10-14(24-15)12-6-4-3-5-7-12/h3-7,10,13H,2,8-9,11H2,1H3. The van der Waals surface area contributed by atoms with Crippen molar-refractivity contribution in [2.45, 2.75) is 42.3 Å². The second kappa shape index (κ2) is 7.59. The van der Waals surface area contributed by atoms with E-state index in [1.807, 2.05) is 37.3 Å². The monoisotopic (exact) mass is 386 g/mol. The van der Waals surface area contributed by atoms with Crippen LogP contribution in [-0.4, -0.2) is 27.1 Å². The summed E-state index contributed by atoms with van der Waals surface area (Å²) in [5, 5.41) is 9.12. The van der Waals surface area contributed by atoms with E-state index < -0.39 is 0 Å². The first kappa shape index (κ1) is 17.2. The second-order valence-electron chi connectivity index (χ2n) is 5.97. The third-order valence-corrected chi connectivity index (χ3v) is 6.06. The van der Waals surface area contributed by atoms with Crippen molar-refractivity contribution in [1.82, 2.24) is 15.2 Å². The smallest absolute Gasteiger partial charge is 0.228 e. The lowest BCUT2D eigenvalue weighted by atomic mass is 10.2. The maximum atomic E-state index is 12.2. The van der Waals surface area contributed by atoms with Crippen LogP contribution < -0.4 is 4.90 Å². The van der Waals surface area contributed by atoms with Crippen molar-refractivity contribution in [3.8, 4) is 11.3 Å². The van der Waals surface area contributed by atoms with Gasteiger partial charge in [0.1, 0.15) is 0 Å². The van der Waals surface area contributed by atoms with E-state index in [9.17, 15) is 4.79 Å². The van der Waals surface area contributed by atoms with E-state index in [1.54, 1.807) is 11.1 Å². The molecule has 0 radical (unpaired) electrons. The SMILES string of the molecule is CCC(=O)N(c1nnc(SCc2ncc(-c3ccccc3)o2)s1)C1CC1. The summed E-state index contributed by atoms with van der Waals surface area (Å²) >= 11 is 2.97. The van der Waals surface area contributed by atoms with E-state index in [-0.39, 0.29) is 5.91 Å². The van der Waals surface area contributed by atoms with Crippen LogP contribution in [0.1, 0.15) is 32.1 Å². The zero-order valence-electron chi connectivity index (χ0n) is 14.3. The molecule has 0 bridgehead atoms. The van der Waals surface area contributed by atoms with Crippen molar-refractivity contribution in [3.05, 3.63) is 42.4 Å². The van der Waals surface area contributed by atoms with Crippen LogP contribution in [0, 0.1) is 0 Å². The molecule has 0 unspecified atom stereocenters. The summed E-state index contributed by atoms with van der Waals surface area (Å²) in [5.41, 5.74) is 1.01. The summed E-state index contributed by atoms with van der Waals surface area (Å²) in [6, 6.07) is 10.2. The molecule has 2 heterocycles. The molecule has 1 saturated carbocycles. The lowest BCUT2D eigenvalue weighted by Gasteiger charge is -2.17. The predicted octanol–water partition coefficient (Wildman–Crippen LogP) is 4.39. The number of anilines is 1. The zero-order chi connectivity index (χ0) is 17.9. The molecular weight excluding hydrogens is 368 g/mol. The molecule has 1 fully saturated rings. The Kier molecular flexibility index (Phi) is 5.03.